The van der Waals surface area contributed by atoms with Crippen LogP contribution in [-0.2, 0) is 0 Å². The Morgan fingerprint density at radius 2 is 1.67 bits per heavy atom. The molecular weight excluding hydrogens is 278 g/mol. The third kappa shape index (κ3) is 3.24. The van der Waals surface area contributed by atoms with Crippen molar-refractivity contribution in [2.75, 3.05) is 5.73 Å². The summed E-state index contributed by atoms with van der Waals surface area (Å²) in [4.78, 5) is 20.4. The summed E-state index contributed by atoms with van der Waals surface area (Å²) >= 11 is 0. The highest BCUT2D eigenvalue weighted by Gasteiger charge is 2.13. The smallest absolute Gasteiger partial charge is 0.275 e. The van der Waals surface area contributed by atoms with Gasteiger partial charge in [-0.05, 0) is 18.6 Å². The number of rotatable bonds is 4. The molecule has 0 aromatic heterocycles. The minimum Gasteiger partial charge on any atom is -0.456 e. The van der Waals surface area contributed by atoms with Crippen molar-refractivity contribution in [2.45, 2.75) is 6.92 Å². The topological polar surface area (TPSA) is 122 Å². The monoisotopic (exact) mass is 289 g/mol. The van der Waals surface area contributed by atoms with Crippen LogP contribution in [0.5, 0.6) is 11.5 Å². The molecule has 8 heteroatoms. The molecule has 0 fully saturated rings. The minimum atomic E-state index is -0.594. The van der Waals surface area contributed by atoms with Gasteiger partial charge in [0.2, 0.25) is 0 Å². The van der Waals surface area contributed by atoms with E-state index in [4.69, 9.17) is 10.5 Å². The van der Waals surface area contributed by atoms with Gasteiger partial charge in [-0.2, -0.15) is 0 Å². The van der Waals surface area contributed by atoms with E-state index in [1.165, 1.54) is 36.4 Å². The average molecular weight is 289 g/mol. The fraction of sp³-hybridized carbons (Fsp3) is 0.0769. The van der Waals surface area contributed by atoms with Gasteiger partial charge >= 0.3 is 0 Å². The van der Waals surface area contributed by atoms with E-state index < -0.39 is 9.85 Å². The second-order valence-corrected chi connectivity index (χ2v) is 4.33. The Morgan fingerprint density at radius 1 is 1.00 bits per heavy atom. The van der Waals surface area contributed by atoms with E-state index in [0.717, 1.165) is 0 Å². The number of nitrogens with zero attached hydrogens (tertiary/aromatic N) is 2. The van der Waals surface area contributed by atoms with Crippen molar-refractivity contribution in [1.82, 2.24) is 0 Å². The maximum atomic E-state index is 10.8. The van der Waals surface area contributed by atoms with Crippen LogP contribution in [0.1, 0.15) is 5.56 Å². The number of nitro groups is 2. The van der Waals surface area contributed by atoms with E-state index >= 15 is 0 Å². The average Bonchev–Trinajstić information content (AvgIpc) is 2.40. The summed E-state index contributed by atoms with van der Waals surface area (Å²) in [5.74, 6) is 0.384. The van der Waals surface area contributed by atoms with Crippen molar-refractivity contribution in [3.63, 3.8) is 0 Å². The largest absolute Gasteiger partial charge is 0.456 e. The van der Waals surface area contributed by atoms with Crippen LogP contribution in [0, 0.1) is 27.2 Å². The Balaban J connectivity index is 2.40. The van der Waals surface area contributed by atoms with E-state index in [0.29, 0.717) is 5.56 Å². The van der Waals surface area contributed by atoms with Crippen molar-refractivity contribution in [3.05, 3.63) is 62.2 Å². The zero-order valence-corrected chi connectivity index (χ0v) is 11.0. The van der Waals surface area contributed by atoms with Gasteiger partial charge < -0.3 is 10.5 Å². The van der Waals surface area contributed by atoms with E-state index in [2.05, 4.69) is 0 Å². The number of aryl methyl sites for hydroxylation is 1. The molecule has 0 radical (unpaired) electrons. The van der Waals surface area contributed by atoms with Gasteiger partial charge in [-0.25, -0.2) is 0 Å². The first-order valence-electron chi connectivity index (χ1n) is 5.84. The van der Waals surface area contributed by atoms with E-state index in [1.54, 1.807) is 6.92 Å². The molecule has 0 aliphatic rings. The van der Waals surface area contributed by atoms with Gasteiger partial charge in [0.1, 0.15) is 11.5 Å². The van der Waals surface area contributed by atoms with Crippen LogP contribution >= 0.6 is 0 Å². The Hall–Kier alpha value is -3.16. The standard InChI is InChI=1S/C13H11N3O5/c1-8-2-3-10(15(17)18)7-13(8)21-12-5-9(14)4-11(6-12)16(19)20/h2-7H,14H2,1H3. The van der Waals surface area contributed by atoms with Crippen molar-refractivity contribution >= 4 is 17.1 Å². The zero-order chi connectivity index (χ0) is 15.6. The predicted molar refractivity (Wildman–Crippen MR) is 75.4 cm³/mol. The first-order chi connectivity index (χ1) is 9.86. The molecule has 2 rings (SSSR count). The summed E-state index contributed by atoms with van der Waals surface area (Å²) in [7, 11) is 0. The van der Waals surface area contributed by atoms with Gasteiger partial charge in [0.25, 0.3) is 11.4 Å². The first kappa shape index (κ1) is 14.3. The summed E-state index contributed by atoms with van der Waals surface area (Å²) in [6.45, 7) is 1.71. The predicted octanol–water partition coefficient (Wildman–Crippen LogP) is 3.19. The highest BCUT2D eigenvalue weighted by atomic mass is 16.6. The van der Waals surface area contributed by atoms with E-state index in [9.17, 15) is 20.2 Å². The van der Waals surface area contributed by atoms with Gasteiger partial charge in [0, 0.05) is 23.9 Å². The minimum absolute atomic E-state index is 0.131. The van der Waals surface area contributed by atoms with Crippen LogP contribution in [-0.4, -0.2) is 9.85 Å². The second kappa shape index (κ2) is 5.45. The SMILES string of the molecule is Cc1ccc([N+](=O)[O-])cc1Oc1cc(N)cc([N+](=O)[O-])c1. The molecule has 0 heterocycles. The highest BCUT2D eigenvalue weighted by molar-refractivity contribution is 5.55. The second-order valence-electron chi connectivity index (χ2n) is 4.33. The van der Waals surface area contributed by atoms with Crippen LogP contribution in [0.3, 0.4) is 0 Å². The lowest BCUT2D eigenvalue weighted by Gasteiger charge is -2.09. The number of anilines is 1. The number of non-ortho nitro benzene ring substituents is 2. The quantitative estimate of drug-likeness (QED) is 0.524. The van der Waals surface area contributed by atoms with Crippen LogP contribution in [0.25, 0.3) is 0 Å². The Bertz CT molecular complexity index is 730. The number of nitro benzene ring substituents is 2. The fourth-order valence-electron chi connectivity index (χ4n) is 1.71. The molecule has 0 atom stereocenters. The van der Waals surface area contributed by atoms with Crippen LogP contribution in [0.4, 0.5) is 17.1 Å². The van der Waals surface area contributed by atoms with Gasteiger partial charge in [-0.15, -0.1) is 0 Å². The number of nitrogens with two attached hydrogens (primary N) is 1. The molecule has 0 spiro atoms. The van der Waals surface area contributed by atoms with Crippen LogP contribution < -0.4 is 10.5 Å². The fourth-order valence-corrected chi connectivity index (χ4v) is 1.71. The maximum Gasteiger partial charge on any atom is 0.275 e. The Kier molecular flexibility index (Phi) is 3.70. The molecule has 2 aromatic carbocycles. The van der Waals surface area contributed by atoms with Gasteiger partial charge in [-0.3, -0.25) is 20.2 Å². The number of ether oxygens (including phenoxy) is 1. The summed E-state index contributed by atoms with van der Waals surface area (Å²) in [6, 6.07) is 7.95. The van der Waals surface area contributed by atoms with Gasteiger partial charge in [0.05, 0.1) is 22.0 Å². The molecule has 108 valence electrons. The Labute approximate surface area is 119 Å². The third-order valence-corrected chi connectivity index (χ3v) is 2.73. The molecule has 0 unspecified atom stereocenters. The van der Waals surface area contributed by atoms with Crippen LogP contribution in [0.2, 0.25) is 0 Å². The molecule has 8 nitrogen and oxygen atoms in total. The lowest BCUT2D eigenvalue weighted by molar-refractivity contribution is -0.384. The highest BCUT2D eigenvalue weighted by Crippen LogP contribution is 2.32. The molecule has 2 N–H and O–H groups in total. The number of nitrogen functional groups attached to an aromatic ring is 1. The lowest BCUT2D eigenvalue weighted by Crippen LogP contribution is -1.95. The van der Waals surface area contributed by atoms with Crippen molar-refractivity contribution in [3.8, 4) is 11.5 Å². The zero-order valence-electron chi connectivity index (χ0n) is 11.0. The van der Waals surface area contributed by atoms with Crippen LogP contribution in [0.15, 0.2) is 36.4 Å². The molecule has 0 saturated carbocycles. The molecule has 0 aliphatic heterocycles. The number of benzene rings is 2. The van der Waals surface area contributed by atoms with Gasteiger partial charge in [-0.1, -0.05) is 0 Å². The summed E-state index contributed by atoms with van der Waals surface area (Å²) in [6.07, 6.45) is 0. The summed E-state index contributed by atoms with van der Waals surface area (Å²) in [5.41, 5.74) is 6.06. The molecule has 0 bridgehead atoms. The summed E-state index contributed by atoms with van der Waals surface area (Å²) in [5, 5.41) is 21.5. The number of hydrogen-bond donors (Lipinski definition) is 1. The molecular formula is C13H11N3O5. The summed E-state index contributed by atoms with van der Waals surface area (Å²) < 4.78 is 5.48. The van der Waals surface area contributed by atoms with E-state index in [1.807, 2.05) is 0 Å². The first-order valence-corrected chi connectivity index (χ1v) is 5.84. The van der Waals surface area contributed by atoms with Crippen molar-refractivity contribution in [1.29, 1.82) is 0 Å². The van der Waals surface area contributed by atoms with Crippen molar-refractivity contribution in [2.24, 2.45) is 0 Å². The molecule has 21 heavy (non-hydrogen) atoms. The normalized spacial score (nSPS) is 10.1. The van der Waals surface area contributed by atoms with E-state index in [-0.39, 0.29) is 28.6 Å². The molecule has 2 aromatic rings. The molecule has 0 amide bonds. The molecule has 0 aliphatic carbocycles. The Morgan fingerprint density at radius 3 is 2.29 bits per heavy atom. The van der Waals surface area contributed by atoms with Gasteiger partial charge in [0.15, 0.2) is 0 Å². The van der Waals surface area contributed by atoms with Crippen molar-refractivity contribution < 1.29 is 14.6 Å². The molecule has 0 saturated heterocycles. The lowest BCUT2D eigenvalue weighted by atomic mass is 10.2. The maximum absolute atomic E-state index is 10.8. The third-order valence-electron chi connectivity index (χ3n) is 2.73. The number of hydrogen-bond acceptors (Lipinski definition) is 6.